The summed E-state index contributed by atoms with van der Waals surface area (Å²) in [5.41, 5.74) is 2.90. The highest BCUT2D eigenvalue weighted by atomic mass is 35.5. The molecular formula is C23H29ClN6O. The molecular weight excluding hydrogens is 412 g/mol. The third-order valence-electron chi connectivity index (χ3n) is 6.43. The number of aromatic amines is 1. The van der Waals surface area contributed by atoms with E-state index in [1.54, 1.807) is 0 Å². The number of nitrogens with one attached hydrogen (secondary N) is 1. The van der Waals surface area contributed by atoms with E-state index in [0.29, 0.717) is 29.2 Å². The lowest BCUT2D eigenvalue weighted by molar-refractivity contribution is 0.111. The van der Waals surface area contributed by atoms with E-state index in [-0.39, 0.29) is 0 Å². The second kappa shape index (κ2) is 10.2. The molecule has 4 rings (SSSR count). The van der Waals surface area contributed by atoms with E-state index in [0.717, 1.165) is 49.2 Å². The van der Waals surface area contributed by atoms with Crippen LogP contribution in [-0.2, 0) is 19.4 Å². The lowest BCUT2D eigenvalue weighted by Crippen LogP contribution is -2.14. The average molecular weight is 441 g/mol. The van der Waals surface area contributed by atoms with Crippen molar-refractivity contribution in [3.8, 4) is 0 Å². The summed E-state index contributed by atoms with van der Waals surface area (Å²) < 4.78 is 1.95. The number of halogens is 1. The Morgan fingerprint density at radius 3 is 2.68 bits per heavy atom. The molecule has 1 aliphatic carbocycles. The van der Waals surface area contributed by atoms with Gasteiger partial charge >= 0.3 is 0 Å². The topological polar surface area (TPSA) is 89.3 Å². The Hall–Kier alpha value is -2.54. The minimum absolute atomic E-state index is 0.291. The number of tetrazole rings is 1. The molecule has 1 unspecified atom stereocenters. The average Bonchev–Trinajstić information content (AvgIpc) is 3.54. The minimum atomic E-state index is 0.291. The summed E-state index contributed by atoms with van der Waals surface area (Å²) in [7, 11) is 0. The Morgan fingerprint density at radius 2 is 2.03 bits per heavy atom. The smallest absolute Gasteiger partial charge is 0.169 e. The van der Waals surface area contributed by atoms with Crippen molar-refractivity contribution in [2.45, 2.75) is 70.8 Å². The van der Waals surface area contributed by atoms with Crippen molar-refractivity contribution in [2.24, 2.45) is 5.92 Å². The van der Waals surface area contributed by atoms with Gasteiger partial charge in [-0.25, -0.2) is 10.1 Å². The number of carbonyl (C=O) groups is 1. The second-order valence-electron chi connectivity index (χ2n) is 8.46. The number of H-pyrrole nitrogens is 1. The van der Waals surface area contributed by atoms with Gasteiger partial charge in [0.1, 0.15) is 17.3 Å². The van der Waals surface area contributed by atoms with Gasteiger partial charge in [0.2, 0.25) is 0 Å². The molecule has 0 spiro atoms. The number of imidazole rings is 1. The van der Waals surface area contributed by atoms with Gasteiger partial charge < -0.3 is 4.57 Å². The van der Waals surface area contributed by atoms with Crippen LogP contribution in [0.3, 0.4) is 0 Å². The summed E-state index contributed by atoms with van der Waals surface area (Å²) in [6, 6.07) is 8.74. The van der Waals surface area contributed by atoms with Crippen LogP contribution in [0.15, 0.2) is 24.3 Å². The Bertz CT molecular complexity index is 976. The number of aromatic nitrogens is 6. The maximum atomic E-state index is 11.6. The lowest BCUT2D eigenvalue weighted by atomic mass is 9.82. The van der Waals surface area contributed by atoms with Gasteiger partial charge in [-0.15, -0.1) is 5.10 Å². The molecule has 1 N–H and O–H groups in total. The third kappa shape index (κ3) is 5.03. The molecule has 1 atom stereocenters. The van der Waals surface area contributed by atoms with E-state index in [1.165, 1.54) is 31.2 Å². The van der Waals surface area contributed by atoms with Gasteiger partial charge in [0, 0.05) is 19.4 Å². The van der Waals surface area contributed by atoms with Crippen molar-refractivity contribution in [3.63, 3.8) is 0 Å². The summed E-state index contributed by atoms with van der Waals surface area (Å²) in [4.78, 5) is 16.0. The van der Waals surface area contributed by atoms with Crippen LogP contribution in [0.4, 0.5) is 0 Å². The number of hydrogen-bond donors (Lipinski definition) is 1. The molecule has 0 bridgehead atoms. The standard InChI is InChI=1S/C23H29ClN6O/c1-2-3-8-22-25-23(24)20(15-31)30(22)14-16-9-11-18(12-10-16)19(17-6-4-5-7-17)13-21-26-28-29-27-21/h9-12,15,17,19H,2-8,13-14H2,1H3,(H,26,27,28,29). The van der Waals surface area contributed by atoms with Crippen LogP contribution < -0.4 is 0 Å². The molecule has 164 valence electrons. The first kappa shape index (κ1) is 21.7. The van der Waals surface area contributed by atoms with Crippen LogP contribution in [0.2, 0.25) is 5.15 Å². The van der Waals surface area contributed by atoms with Gasteiger partial charge in [-0.1, -0.05) is 62.1 Å². The summed E-state index contributed by atoms with van der Waals surface area (Å²) in [6.45, 7) is 2.73. The highest BCUT2D eigenvalue weighted by molar-refractivity contribution is 6.31. The lowest BCUT2D eigenvalue weighted by Gasteiger charge is -2.23. The van der Waals surface area contributed by atoms with Crippen LogP contribution >= 0.6 is 11.6 Å². The van der Waals surface area contributed by atoms with Gasteiger partial charge in [0.15, 0.2) is 11.4 Å². The van der Waals surface area contributed by atoms with Crippen molar-refractivity contribution >= 4 is 17.9 Å². The van der Waals surface area contributed by atoms with E-state index in [4.69, 9.17) is 11.6 Å². The van der Waals surface area contributed by atoms with E-state index < -0.39 is 0 Å². The molecule has 8 heteroatoms. The van der Waals surface area contributed by atoms with Gasteiger partial charge in [-0.3, -0.25) is 4.79 Å². The van der Waals surface area contributed by atoms with Crippen molar-refractivity contribution in [2.75, 3.05) is 0 Å². The molecule has 0 amide bonds. The maximum Gasteiger partial charge on any atom is 0.169 e. The SMILES string of the molecule is CCCCc1nc(Cl)c(C=O)n1Cc1ccc(C(Cc2nnn[nH]2)C2CCCC2)cc1. The Morgan fingerprint density at radius 1 is 1.26 bits per heavy atom. The molecule has 0 radical (unpaired) electrons. The largest absolute Gasteiger partial charge is 0.320 e. The number of unbranched alkanes of at least 4 members (excludes halogenated alkanes) is 1. The molecule has 3 aromatic rings. The number of nitrogens with zero attached hydrogens (tertiary/aromatic N) is 5. The number of aldehydes is 1. The number of rotatable bonds is 10. The van der Waals surface area contributed by atoms with Gasteiger partial charge in [-0.05, 0) is 52.7 Å². The molecule has 31 heavy (non-hydrogen) atoms. The predicted octanol–water partition coefficient (Wildman–Crippen LogP) is 4.77. The van der Waals surface area contributed by atoms with Gasteiger partial charge in [-0.2, -0.15) is 0 Å². The fraction of sp³-hybridized carbons (Fsp3) is 0.522. The summed E-state index contributed by atoms with van der Waals surface area (Å²) in [6.07, 6.45) is 9.63. The zero-order valence-electron chi connectivity index (χ0n) is 17.9. The first-order chi connectivity index (χ1) is 15.2. The number of aryl methyl sites for hydroxylation is 1. The van der Waals surface area contributed by atoms with Gasteiger partial charge in [0.25, 0.3) is 0 Å². The molecule has 7 nitrogen and oxygen atoms in total. The fourth-order valence-electron chi connectivity index (χ4n) is 4.74. The zero-order chi connectivity index (χ0) is 21.6. The number of benzene rings is 1. The number of hydrogen-bond acceptors (Lipinski definition) is 5. The second-order valence-corrected chi connectivity index (χ2v) is 8.81. The van der Waals surface area contributed by atoms with E-state index in [9.17, 15) is 4.79 Å². The fourth-order valence-corrected chi connectivity index (χ4v) is 4.98. The van der Waals surface area contributed by atoms with E-state index in [1.807, 2.05) is 4.57 Å². The molecule has 2 aromatic heterocycles. The highest BCUT2D eigenvalue weighted by Gasteiger charge is 2.27. The molecule has 0 saturated heterocycles. The Kier molecular flexibility index (Phi) is 7.12. The monoisotopic (exact) mass is 440 g/mol. The molecule has 2 heterocycles. The molecule has 1 saturated carbocycles. The van der Waals surface area contributed by atoms with Crippen LogP contribution in [0.5, 0.6) is 0 Å². The Balaban J connectivity index is 1.55. The first-order valence-corrected chi connectivity index (χ1v) is 11.6. The van der Waals surface area contributed by atoms with Crippen molar-refractivity contribution in [1.29, 1.82) is 0 Å². The van der Waals surface area contributed by atoms with Crippen LogP contribution in [0.25, 0.3) is 0 Å². The molecule has 1 aliphatic rings. The summed E-state index contributed by atoms with van der Waals surface area (Å²) in [5, 5.41) is 14.8. The minimum Gasteiger partial charge on any atom is -0.320 e. The molecule has 1 fully saturated rings. The summed E-state index contributed by atoms with van der Waals surface area (Å²) >= 11 is 6.22. The van der Waals surface area contributed by atoms with Crippen molar-refractivity contribution in [1.82, 2.24) is 30.2 Å². The highest BCUT2D eigenvalue weighted by Crippen LogP contribution is 2.39. The van der Waals surface area contributed by atoms with Crippen LogP contribution in [0.1, 0.15) is 84.6 Å². The normalized spacial score (nSPS) is 15.4. The summed E-state index contributed by atoms with van der Waals surface area (Å²) in [5.74, 6) is 2.77. The van der Waals surface area contributed by atoms with Crippen LogP contribution in [0, 0.1) is 5.92 Å². The first-order valence-electron chi connectivity index (χ1n) is 11.2. The molecule has 0 aliphatic heterocycles. The van der Waals surface area contributed by atoms with Crippen molar-refractivity contribution < 1.29 is 4.79 Å². The van der Waals surface area contributed by atoms with Crippen molar-refractivity contribution in [3.05, 3.63) is 57.9 Å². The zero-order valence-corrected chi connectivity index (χ0v) is 18.7. The van der Waals surface area contributed by atoms with Gasteiger partial charge in [0.05, 0.1) is 0 Å². The maximum absolute atomic E-state index is 11.6. The van der Waals surface area contributed by atoms with E-state index in [2.05, 4.69) is 56.8 Å². The third-order valence-corrected chi connectivity index (χ3v) is 6.70. The Labute approximate surface area is 187 Å². The quantitative estimate of drug-likeness (QED) is 0.458. The number of carbonyl (C=O) groups excluding carboxylic acids is 1. The van der Waals surface area contributed by atoms with E-state index >= 15 is 0 Å². The molecule has 1 aromatic carbocycles. The van der Waals surface area contributed by atoms with Crippen LogP contribution in [-0.4, -0.2) is 36.5 Å². The predicted molar refractivity (Wildman–Crippen MR) is 119 cm³/mol.